The van der Waals surface area contributed by atoms with E-state index in [-0.39, 0.29) is 12.1 Å². The minimum absolute atomic E-state index is 0.0440. The summed E-state index contributed by atoms with van der Waals surface area (Å²) in [5.74, 6) is 0.336. The van der Waals surface area contributed by atoms with Gasteiger partial charge in [0, 0.05) is 12.1 Å². The fraction of sp³-hybridized carbons (Fsp3) is 1.00. The van der Waals surface area contributed by atoms with Crippen LogP contribution < -0.4 is 14.8 Å². The molecule has 1 fully saturated rings. The second-order valence-corrected chi connectivity index (χ2v) is 5.95. The van der Waals surface area contributed by atoms with E-state index in [1.54, 1.807) is 0 Å². The molecule has 0 radical (unpaired) electrons. The summed E-state index contributed by atoms with van der Waals surface area (Å²) >= 11 is 0. The Labute approximate surface area is 92.2 Å². The minimum atomic E-state index is -3.34. The molecule has 0 saturated carbocycles. The highest BCUT2D eigenvalue weighted by molar-refractivity contribution is 7.87. The molecule has 5 nitrogen and oxygen atoms in total. The van der Waals surface area contributed by atoms with Crippen molar-refractivity contribution >= 4 is 10.2 Å². The fourth-order valence-electron chi connectivity index (χ4n) is 1.73. The van der Waals surface area contributed by atoms with Crippen LogP contribution >= 0.6 is 0 Å². The van der Waals surface area contributed by atoms with Gasteiger partial charge in [-0.3, -0.25) is 0 Å². The molecule has 90 valence electrons. The van der Waals surface area contributed by atoms with E-state index in [0.29, 0.717) is 5.92 Å². The lowest BCUT2D eigenvalue weighted by atomic mass is 9.97. The van der Waals surface area contributed by atoms with Gasteiger partial charge in [-0.2, -0.15) is 17.9 Å². The summed E-state index contributed by atoms with van der Waals surface area (Å²) in [6, 6.07) is -0.0259. The Kier molecular flexibility index (Phi) is 4.51. The van der Waals surface area contributed by atoms with Crippen LogP contribution in [0.5, 0.6) is 0 Å². The SMILES string of the molecule is CC(C)NS(=O)(=O)N[C@H]1CCNC[C@@H]1C. The number of nitrogens with one attached hydrogen (secondary N) is 3. The average Bonchev–Trinajstić information content (AvgIpc) is 2.06. The summed E-state index contributed by atoms with van der Waals surface area (Å²) in [4.78, 5) is 0. The Morgan fingerprint density at radius 1 is 1.40 bits per heavy atom. The van der Waals surface area contributed by atoms with Crippen molar-refractivity contribution < 1.29 is 8.42 Å². The van der Waals surface area contributed by atoms with Crippen LogP contribution in [0.25, 0.3) is 0 Å². The van der Waals surface area contributed by atoms with Gasteiger partial charge in [0.1, 0.15) is 0 Å². The van der Waals surface area contributed by atoms with Crippen LogP contribution in [0.15, 0.2) is 0 Å². The van der Waals surface area contributed by atoms with E-state index in [1.165, 1.54) is 0 Å². The fourth-order valence-corrected chi connectivity index (χ4v) is 3.17. The molecule has 1 heterocycles. The molecule has 0 aromatic heterocycles. The molecule has 6 heteroatoms. The van der Waals surface area contributed by atoms with Gasteiger partial charge in [0.2, 0.25) is 0 Å². The highest BCUT2D eigenvalue weighted by atomic mass is 32.2. The lowest BCUT2D eigenvalue weighted by molar-refractivity contribution is 0.326. The van der Waals surface area contributed by atoms with Crippen molar-refractivity contribution in [3.8, 4) is 0 Å². The van der Waals surface area contributed by atoms with Gasteiger partial charge in [-0.05, 0) is 39.3 Å². The van der Waals surface area contributed by atoms with Crippen molar-refractivity contribution in [3.05, 3.63) is 0 Å². The van der Waals surface area contributed by atoms with E-state index in [4.69, 9.17) is 0 Å². The van der Waals surface area contributed by atoms with Crippen LogP contribution in [0.2, 0.25) is 0 Å². The highest BCUT2D eigenvalue weighted by Gasteiger charge is 2.25. The van der Waals surface area contributed by atoms with Crippen molar-refractivity contribution in [2.75, 3.05) is 13.1 Å². The summed E-state index contributed by atoms with van der Waals surface area (Å²) < 4.78 is 28.4. The monoisotopic (exact) mass is 235 g/mol. The molecule has 0 aromatic carbocycles. The maximum absolute atomic E-state index is 11.6. The quantitative estimate of drug-likeness (QED) is 0.633. The van der Waals surface area contributed by atoms with Crippen LogP contribution in [0.3, 0.4) is 0 Å². The molecule has 0 aromatic rings. The Morgan fingerprint density at radius 3 is 2.60 bits per heavy atom. The van der Waals surface area contributed by atoms with E-state index in [1.807, 2.05) is 13.8 Å². The predicted octanol–water partition coefficient (Wildman–Crippen LogP) is -0.183. The maximum atomic E-state index is 11.6. The third kappa shape index (κ3) is 4.46. The Balaban J connectivity index is 2.52. The van der Waals surface area contributed by atoms with Crippen molar-refractivity contribution in [1.29, 1.82) is 0 Å². The Morgan fingerprint density at radius 2 is 2.07 bits per heavy atom. The number of hydrogen-bond donors (Lipinski definition) is 3. The zero-order valence-corrected chi connectivity index (χ0v) is 10.4. The average molecular weight is 235 g/mol. The van der Waals surface area contributed by atoms with Gasteiger partial charge in [-0.25, -0.2) is 0 Å². The molecule has 15 heavy (non-hydrogen) atoms. The van der Waals surface area contributed by atoms with Crippen LogP contribution in [0.1, 0.15) is 27.2 Å². The molecule has 0 spiro atoms. The minimum Gasteiger partial charge on any atom is -0.316 e. The Bertz CT molecular complexity index is 290. The summed E-state index contributed by atoms with van der Waals surface area (Å²) in [5, 5.41) is 3.24. The van der Waals surface area contributed by atoms with Gasteiger partial charge >= 0.3 is 0 Å². The molecule has 0 amide bonds. The third-order valence-electron chi connectivity index (χ3n) is 2.48. The standard InChI is InChI=1S/C9H21N3O2S/c1-7(2)11-15(13,14)12-9-4-5-10-6-8(9)3/h7-12H,4-6H2,1-3H3/t8-,9-/m0/s1. The molecular formula is C9H21N3O2S. The van der Waals surface area contributed by atoms with Crippen molar-refractivity contribution in [2.45, 2.75) is 39.3 Å². The largest absolute Gasteiger partial charge is 0.316 e. The van der Waals surface area contributed by atoms with Crippen molar-refractivity contribution in [1.82, 2.24) is 14.8 Å². The first-order valence-corrected chi connectivity index (χ1v) is 6.89. The van der Waals surface area contributed by atoms with Crippen LogP contribution in [0.4, 0.5) is 0 Å². The van der Waals surface area contributed by atoms with Crippen LogP contribution in [-0.4, -0.2) is 33.6 Å². The molecular weight excluding hydrogens is 214 g/mol. The lowest BCUT2D eigenvalue weighted by Gasteiger charge is -2.30. The van der Waals surface area contributed by atoms with Gasteiger partial charge < -0.3 is 5.32 Å². The first-order valence-electron chi connectivity index (χ1n) is 5.41. The first-order chi connectivity index (χ1) is 6.91. The number of rotatable bonds is 4. The second kappa shape index (κ2) is 5.25. The molecule has 0 aliphatic carbocycles. The van der Waals surface area contributed by atoms with E-state index < -0.39 is 10.2 Å². The van der Waals surface area contributed by atoms with Gasteiger partial charge in [-0.1, -0.05) is 6.92 Å². The molecule has 3 N–H and O–H groups in total. The second-order valence-electron chi connectivity index (χ2n) is 4.47. The zero-order chi connectivity index (χ0) is 11.5. The van der Waals surface area contributed by atoms with Gasteiger partial charge in [0.25, 0.3) is 10.2 Å². The van der Waals surface area contributed by atoms with Crippen molar-refractivity contribution in [2.24, 2.45) is 5.92 Å². The van der Waals surface area contributed by atoms with E-state index in [9.17, 15) is 8.42 Å². The summed E-state index contributed by atoms with van der Waals surface area (Å²) in [6.45, 7) is 7.42. The summed E-state index contributed by atoms with van der Waals surface area (Å²) in [6.07, 6.45) is 0.847. The van der Waals surface area contributed by atoms with Gasteiger partial charge in [-0.15, -0.1) is 0 Å². The molecule has 1 aliphatic heterocycles. The first kappa shape index (κ1) is 12.9. The lowest BCUT2D eigenvalue weighted by Crippen LogP contribution is -2.52. The molecule has 0 unspecified atom stereocenters. The molecule has 1 saturated heterocycles. The van der Waals surface area contributed by atoms with Gasteiger partial charge in [0.05, 0.1) is 0 Å². The molecule has 1 aliphatic rings. The summed E-state index contributed by atoms with van der Waals surface area (Å²) in [5.41, 5.74) is 0. The maximum Gasteiger partial charge on any atom is 0.277 e. The topological polar surface area (TPSA) is 70.2 Å². The van der Waals surface area contributed by atoms with E-state index in [2.05, 4.69) is 21.7 Å². The van der Waals surface area contributed by atoms with Gasteiger partial charge in [0.15, 0.2) is 0 Å². The third-order valence-corrected chi connectivity index (χ3v) is 3.88. The summed E-state index contributed by atoms with van der Waals surface area (Å²) in [7, 11) is -3.34. The zero-order valence-electron chi connectivity index (χ0n) is 9.58. The Hall–Kier alpha value is -0.170. The van der Waals surface area contributed by atoms with E-state index >= 15 is 0 Å². The molecule has 1 rings (SSSR count). The smallest absolute Gasteiger partial charge is 0.277 e. The molecule has 2 atom stereocenters. The number of piperidine rings is 1. The van der Waals surface area contributed by atoms with E-state index in [0.717, 1.165) is 19.5 Å². The van der Waals surface area contributed by atoms with Crippen LogP contribution in [0, 0.1) is 5.92 Å². The highest BCUT2D eigenvalue weighted by Crippen LogP contribution is 2.10. The predicted molar refractivity (Wildman–Crippen MR) is 60.8 cm³/mol. The molecule has 0 bridgehead atoms. The van der Waals surface area contributed by atoms with Crippen molar-refractivity contribution in [3.63, 3.8) is 0 Å². The van der Waals surface area contributed by atoms with Crippen LogP contribution in [-0.2, 0) is 10.2 Å². The number of hydrogen-bond acceptors (Lipinski definition) is 3. The normalized spacial score (nSPS) is 28.3.